The quantitative estimate of drug-likeness (QED) is 0.688. The lowest BCUT2D eigenvalue weighted by molar-refractivity contribution is -0.131. The first-order valence-corrected chi connectivity index (χ1v) is 11.6. The number of aromatic nitrogens is 2. The van der Waals surface area contributed by atoms with Crippen molar-refractivity contribution in [3.63, 3.8) is 0 Å². The average molecular weight is 425 g/mol. The van der Waals surface area contributed by atoms with Gasteiger partial charge in [-0.25, -0.2) is 14.4 Å². The van der Waals surface area contributed by atoms with Crippen LogP contribution in [0.25, 0.3) is 0 Å². The topological polar surface area (TPSA) is 49.3 Å². The molecular weight excluding hydrogens is 391 g/mol. The minimum atomic E-state index is -0.227. The molecule has 1 amide bonds. The van der Waals surface area contributed by atoms with E-state index >= 15 is 0 Å². The van der Waals surface area contributed by atoms with Gasteiger partial charge in [0.1, 0.15) is 17.5 Å². The Labute approximate surface area is 184 Å². The summed E-state index contributed by atoms with van der Waals surface area (Å²) in [5.41, 5.74) is 3.08. The first-order valence-electron chi connectivity index (χ1n) is 11.6. The molecule has 0 N–H and O–H groups in total. The molecule has 2 heterocycles. The smallest absolute Gasteiger partial charge is 0.222 e. The molecule has 0 radical (unpaired) electrons. The van der Waals surface area contributed by atoms with E-state index in [-0.39, 0.29) is 5.82 Å². The van der Waals surface area contributed by atoms with Crippen LogP contribution in [0.5, 0.6) is 0 Å². The first-order chi connectivity index (χ1) is 15.0. The second-order valence-corrected chi connectivity index (χ2v) is 9.02. The van der Waals surface area contributed by atoms with Crippen molar-refractivity contribution >= 4 is 11.7 Å². The Morgan fingerprint density at radius 2 is 1.71 bits per heavy atom. The van der Waals surface area contributed by atoms with Crippen LogP contribution in [0.3, 0.4) is 0 Å². The number of benzene rings is 1. The van der Waals surface area contributed by atoms with E-state index in [1.165, 1.54) is 37.8 Å². The van der Waals surface area contributed by atoms with Gasteiger partial charge in [0.15, 0.2) is 0 Å². The zero-order chi connectivity index (χ0) is 21.8. The molecule has 1 aromatic carbocycles. The van der Waals surface area contributed by atoms with E-state index < -0.39 is 0 Å². The average Bonchev–Trinajstić information content (AvgIpc) is 3.29. The van der Waals surface area contributed by atoms with E-state index in [0.29, 0.717) is 18.7 Å². The summed E-state index contributed by atoms with van der Waals surface area (Å²) in [5, 5.41) is 0. The van der Waals surface area contributed by atoms with Gasteiger partial charge >= 0.3 is 0 Å². The molecule has 6 heteroatoms. The normalized spacial score (nSPS) is 17.4. The van der Waals surface area contributed by atoms with E-state index in [2.05, 4.69) is 9.88 Å². The summed E-state index contributed by atoms with van der Waals surface area (Å²) in [5.74, 6) is 2.53. The molecule has 2 aromatic rings. The van der Waals surface area contributed by atoms with E-state index in [0.717, 1.165) is 67.0 Å². The Hall–Kier alpha value is -2.50. The molecule has 0 atom stereocenters. The SMILES string of the molecule is Cc1nc(C)c(Cc2ccc(F)cc2)c(N2CCN(C(=O)CCC3CCCC3)CC2)n1. The lowest BCUT2D eigenvalue weighted by Crippen LogP contribution is -2.49. The first kappa shape index (κ1) is 21.7. The highest BCUT2D eigenvalue weighted by Crippen LogP contribution is 2.29. The van der Waals surface area contributed by atoms with Crippen molar-refractivity contribution in [2.45, 2.75) is 58.8 Å². The van der Waals surface area contributed by atoms with Gasteiger partial charge in [0.2, 0.25) is 5.91 Å². The number of carbonyl (C=O) groups is 1. The van der Waals surface area contributed by atoms with Crippen molar-refractivity contribution in [3.8, 4) is 0 Å². The van der Waals surface area contributed by atoms with Gasteiger partial charge in [-0.2, -0.15) is 0 Å². The van der Waals surface area contributed by atoms with Crippen molar-refractivity contribution in [3.05, 3.63) is 52.7 Å². The van der Waals surface area contributed by atoms with Crippen LogP contribution in [0.4, 0.5) is 10.2 Å². The number of anilines is 1. The molecule has 1 aliphatic carbocycles. The molecule has 5 nitrogen and oxygen atoms in total. The van der Waals surface area contributed by atoms with Crippen molar-refractivity contribution < 1.29 is 9.18 Å². The van der Waals surface area contributed by atoms with Gasteiger partial charge in [0.25, 0.3) is 0 Å². The summed E-state index contributed by atoms with van der Waals surface area (Å²) in [4.78, 5) is 26.3. The maximum atomic E-state index is 13.3. The highest BCUT2D eigenvalue weighted by molar-refractivity contribution is 5.76. The Morgan fingerprint density at radius 3 is 2.39 bits per heavy atom. The van der Waals surface area contributed by atoms with Gasteiger partial charge < -0.3 is 9.80 Å². The zero-order valence-corrected chi connectivity index (χ0v) is 18.7. The second kappa shape index (κ2) is 9.75. The number of rotatable bonds is 6. The van der Waals surface area contributed by atoms with Crippen LogP contribution in [0.2, 0.25) is 0 Å². The van der Waals surface area contributed by atoms with Crippen molar-refractivity contribution in [2.24, 2.45) is 5.92 Å². The zero-order valence-electron chi connectivity index (χ0n) is 18.7. The number of halogens is 1. The molecule has 0 bridgehead atoms. The molecule has 166 valence electrons. The Bertz CT molecular complexity index is 900. The molecule has 4 rings (SSSR count). The third-order valence-electron chi connectivity index (χ3n) is 6.77. The standard InChI is InChI=1S/C25H33FN4O/c1-18-23(17-21-7-10-22(26)11-8-21)25(28-19(2)27-18)30-15-13-29(14-16-30)24(31)12-9-20-5-3-4-6-20/h7-8,10-11,20H,3-6,9,12-17H2,1-2H3. The van der Waals surface area contributed by atoms with E-state index in [9.17, 15) is 9.18 Å². The number of aryl methyl sites for hydroxylation is 2. The Kier molecular flexibility index (Phi) is 6.83. The summed E-state index contributed by atoms with van der Waals surface area (Å²) in [6.45, 7) is 6.97. The van der Waals surface area contributed by atoms with Crippen LogP contribution < -0.4 is 4.90 Å². The predicted molar refractivity (Wildman–Crippen MR) is 121 cm³/mol. The molecule has 1 aliphatic heterocycles. The third kappa shape index (κ3) is 5.41. The number of piperazine rings is 1. The van der Waals surface area contributed by atoms with Gasteiger partial charge in [0.05, 0.1) is 0 Å². The maximum absolute atomic E-state index is 13.3. The molecule has 1 saturated heterocycles. The van der Waals surface area contributed by atoms with Crippen LogP contribution in [0.15, 0.2) is 24.3 Å². The number of hydrogen-bond acceptors (Lipinski definition) is 4. The second-order valence-electron chi connectivity index (χ2n) is 9.02. The summed E-state index contributed by atoms with van der Waals surface area (Å²) >= 11 is 0. The number of carbonyl (C=O) groups excluding carboxylic acids is 1. The summed E-state index contributed by atoms with van der Waals surface area (Å²) in [7, 11) is 0. The molecule has 31 heavy (non-hydrogen) atoms. The summed E-state index contributed by atoms with van der Waals surface area (Å²) < 4.78 is 13.3. The number of nitrogens with zero attached hydrogens (tertiary/aromatic N) is 4. The molecular formula is C25H33FN4O. The summed E-state index contributed by atoms with van der Waals surface area (Å²) in [6, 6.07) is 6.63. The molecule has 1 aromatic heterocycles. The highest BCUT2D eigenvalue weighted by atomic mass is 19.1. The molecule has 2 fully saturated rings. The number of amides is 1. The summed E-state index contributed by atoms with van der Waals surface area (Å²) in [6.07, 6.45) is 7.65. The van der Waals surface area contributed by atoms with E-state index in [1.807, 2.05) is 30.9 Å². The van der Waals surface area contributed by atoms with Crippen LogP contribution in [-0.2, 0) is 11.2 Å². The number of hydrogen-bond donors (Lipinski definition) is 0. The molecule has 1 saturated carbocycles. The fraction of sp³-hybridized carbons (Fsp3) is 0.560. The van der Waals surface area contributed by atoms with Crippen LogP contribution in [-0.4, -0.2) is 47.0 Å². The van der Waals surface area contributed by atoms with Gasteiger partial charge in [-0.15, -0.1) is 0 Å². The van der Waals surface area contributed by atoms with Gasteiger partial charge in [0, 0.05) is 50.3 Å². The maximum Gasteiger partial charge on any atom is 0.222 e. The van der Waals surface area contributed by atoms with Crippen LogP contribution in [0, 0.1) is 25.6 Å². The fourth-order valence-corrected chi connectivity index (χ4v) is 4.95. The van der Waals surface area contributed by atoms with Crippen molar-refractivity contribution in [1.29, 1.82) is 0 Å². The van der Waals surface area contributed by atoms with Crippen LogP contribution in [0.1, 0.15) is 61.2 Å². The minimum Gasteiger partial charge on any atom is -0.353 e. The van der Waals surface area contributed by atoms with Crippen LogP contribution >= 0.6 is 0 Å². The highest BCUT2D eigenvalue weighted by Gasteiger charge is 2.25. The lowest BCUT2D eigenvalue weighted by Gasteiger charge is -2.36. The van der Waals surface area contributed by atoms with E-state index in [4.69, 9.17) is 4.98 Å². The van der Waals surface area contributed by atoms with Crippen molar-refractivity contribution in [2.75, 3.05) is 31.1 Å². The largest absolute Gasteiger partial charge is 0.353 e. The predicted octanol–water partition coefficient (Wildman–Crippen LogP) is 4.44. The molecule has 0 unspecified atom stereocenters. The molecule has 2 aliphatic rings. The molecule has 0 spiro atoms. The van der Waals surface area contributed by atoms with Gasteiger partial charge in [-0.3, -0.25) is 4.79 Å². The van der Waals surface area contributed by atoms with Gasteiger partial charge in [-0.05, 0) is 43.9 Å². The lowest BCUT2D eigenvalue weighted by atomic mass is 10.0. The Balaban J connectivity index is 1.41. The van der Waals surface area contributed by atoms with E-state index in [1.54, 1.807) is 0 Å². The monoisotopic (exact) mass is 424 g/mol. The fourth-order valence-electron chi connectivity index (χ4n) is 4.95. The Morgan fingerprint density at radius 1 is 1.03 bits per heavy atom. The third-order valence-corrected chi connectivity index (χ3v) is 6.77. The van der Waals surface area contributed by atoms with Crippen molar-refractivity contribution in [1.82, 2.24) is 14.9 Å². The van der Waals surface area contributed by atoms with Gasteiger partial charge in [-0.1, -0.05) is 37.8 Å². The minimum absolute atomic E-state index is 0.227.